The van der Waals surface area contributed by atoms with E-state index in [-0.39, 0.29) is 78.9 Å². The lowest BCUT2D eigenvalue weighted by Gasteiger charge is -2.29. The SMILES string of the molecule is [2H]c1cc(C(C)(C)C)cc(C([2H])([2H])[2H])c1-c1cc(-n2c3ccccc3c3ccc(N(c4ccccc4)c4cc(-n5[c-][n+](-c6c(-c7c([2H])c([2H])c([2H])c([2H])c7[2H])cccc6-c6c([2H])c([2H])c([2H])c([2H])c6[2H])c6ccccc65)cc(-c5ccccc5)c4C([2H])([2H])[2H])cc32)ncc1C([2H])([2H])[2H]. The van der Waals surface area contributed by atoms with Crippen molar-refractivity contribution in [3.63, 3.8) is 0 Å². The summed E-state index contributed by atoms with van der Waals surface area (Å²) < 4.78 is 185. The Morgan fingerprint density at radius 1 is 0.513 bits per heavy atom. The lowest BCUT2D eigenvalue weighted by molar-refractivity contribution is -0.571. The van der Waals surface area contributed by atoms with E-state index in [1.54, 1.807) is 81.9 Å². The van der Waals surface area contributed by atoms with Gasteiger partial charge in [0.15, 0.2) is 0 Å². The van der Waals surface area contributed by atoms with Gasteiger partial charge in [-0.2, -0.15) is 0 Å². The van der Waals surface area contributed by atoms with Crippen LogP contribution in [0.15, 0.2) is 249 Å². The lowest BCUT2D eigenvalue weighted by atomic mass is 9.84. The highest BCUT2D eigenvalue weighted by Gasteiger charge is 2.25. The van der Waals surface area contributed by atoms with Crippen molar-refractivity contribution in [3.8, 4) is 61.7 Å². The molecule has 0 fully saturated rings. The van der Waals surface area contributed by atoms with Crippen LogP contribution >= 0.6 is 0 Å². The number of imidazole rings is 1. The molecule has 0 unspecified atom stereocenters. The van der Waals surface area contributed by atoms with E-state index in [0.29, 0.717) is 55.6 Å². The number of nitrogens with zero attached hydrogens (tertiary/aromatic N) is 5. The molecular formula is C73H59N5. The third kappa shape index (κ3) is 8.45. The van der Waals surface area contributed by atoms with Crippen molar-refractivity contribution in [2.24, 2.45) is 0 Å². The number of anilines is 3. The van der Waals surface area contributed by atoms with Gasteiger partial charge in [0.2, 0.25) is 0 Å². The number of aromatic nitrogens is 4. The van der Waals surface area contributed by atoms with E-state index >= 15 is 0 Å². The summed E-state index contributed by atoms with van der Waals surface area (Å²) in [7, 11) is 0. The minimum Gasteiger partial charge on any atom is -0.311 e. The van der Waals surface area contributed by atoms with Gasteiger partial charge in [-0.15, -0.1) is 0 Å². The molecule has 0 N–H and O–H groups in total. The number of hydrogen-bond donors (Lipinski definition) is 0. The van der Waals surface area contributed by atoms with Crippen LogP contribution < -0.4 is 9.47 Å². The van der Waals surface area contributed by atoms with E-state index in [1.165, 1.54) is 36.5 Å². The predicted molar refractivity (Wildman–Crippen MR) is 325 cm³/mol. The zero-order valence-electron chi connectivity index (χ0n) is 62.6. The predicted octanol–water partition coefficient (Wildman–Crippen LogP) is 18.6. The molecule has 3 heterocycles. The number of hydrogen-bond acceptors (Lipinski definition) is 2. The number of pyridine rings is 1. The summed E-state index contributed by atoms with van der Waals surface area (Å²) in [6.07, 6.45) is 4.68. The quantitative estimate of drug-likeness (QED) is 0.101. The normalized spacial score (nSPS) is 15.9. The van der Waals surface area contributed by atoms with Crippen molar-refractivity contribution in [3.05, 3.63) is 277 Å². The summed E-state index contributed by atoms with van der Waals surface area (Å²) in [5, 5.41) is 1.46. The maximum absolute atomic E-state index is 9.57. The topological polar surface area (TPSA) is 29.9 Å². The second kappa shape index (κ2) is 19.5. The highest BCUT2D eigenvalue weighted by atomic mass is 15.2. The van der Waals surface area contributed by atoms with Crippen LogP contribution in [0, 0.1) is 26.9 Å². The zero-order valence-corrected chi connectivity index (χ0v) is 42.6. The van der Waals surface area contributed by atoms with Crippen molar-refractivity contribution < 1.29 is 32.0 Å². The Morgan fingerprint density at radius 2 is 1.18 bits per heavy atom. The largest absolute Gasteiger partial charge is 0.311 e. The fourth-order valence-electron chi connectivity index (χ4n) is 10.4. The first kappa shape index (κ1) is 30.8. The van der Waals surface area contributed by atoms with Crippen LogP contribution in [-0.4, -0.2) is 14.1 Å². The van der Waals surface area contributed by atoms with Crippen molar-refractivity contribution >= 4 is 49.9 Å². The minimum atomic E-state index is -2.87. The van der Waals surface area contributed by atoms with Crippen molar-refractivity contribution in [2.75, 3.05) is 4.90 Å². The molecule has 0 radical (unpaired) electrons. The monoisotopic (exact) mass is 1030 g/mol. The van der Waals surface area contributed by atoms with Crippen LogP contribution in [0.1, 0.15) is 70.4 Å². The second-order valence-corrected chi connectivity index (χ2v) is 20.0. The van der Waals surface area contributed by atoms with Crippen LogP contribution in [0.2, 0.25) is 0 Å². The fourth-order valence-corrected chi connectivity index (χ4v) is 10.4. The molecule has 0 aliphatic rings. The van der Waals surface area contributed by atoms with E-state index in [0.717, 1.165) is 5.39 Å². The molecule has 13 aromatic rings. The molecule has 0 aliphatic carbocycles. The van der Waals surface area contributed by atoms with Gasteiger partial charge in [0.1, 0.15) is 5.82 Å². The molecule has 0 spiro atoms. The summed E-state index contributed by atoms with van der Waals surface area (Å²) >= 11 is 0. The molecule has 5 heteroatoms. The molecule has 13 rings (SSSR count). The van der Waals surface area contributed by atoms with Crippen LogP contribution in [0.3, 0.4) is 0 Å². The molecule has 10 aromatic carbocycles. The first-order chi connectivity index (χ1) is 46.3. The van der Waals surface area contributed by atoms with Crippen LogP contribution in [0.5, 0.6) is 0 Å². The fraction of sp³-hybridized carbons (Fsp3) is 0.0959. The molecule has 5 nitrogen and oxygen atoms in total. The first-order valence-electron chi connectivity index (χ1n) is 35.3. The van der Waals surface area contributed by atoms with Gasteiger partial charge in [0.05, 0.1) is 48.5 Å². The molecule has 78 heavy (non-hydrogen) atoms. The van der Waals surface area contributed by atoms with Crippen molar-refractivity contribution in [1.82, 2.24) is 14.1 Å². The smallest absolute Gasteiger partial charge is 0.269 e. The van der Waals surface area contributed by atoms with Gasteiger partial charge in [-0.05, 0) is 141 Å². The molecule has 376 valence electrons. The molecule has 0 saturated carbocycles. The van der Waals surface area contributed by atoms with Crippen molar-refractivity contribution in [2.45, 2.75) is 46.7 Å². The second-order valence-electron chi connectivity index (χ2n) is 20.0. The summed E-state index contributed by atoms with van der Waals surface area (Å²) in [6, 6.07) is 44.4. The molecule has 0 aliphatic heterocycles. The Labute approximate surface area is 485 Å². The molecular weight excluding hydrogens is 947 g/mol. The Kier molecular flexibility index (Phi) is 7.72. The molecule has 0 bridgehead atoms. The Morgan fingerprint density at radius 3 is 1.88 bits per heavy atom. The molecule has 0 saturated heterocycles. The first-order valence-corrected chi connectivity index (χ1v) is 25.3. The summed E-state index contributed by atoms with van der Waals surface area (Å²) in [4.78, 5) is 6.64. The highest BCUT2D eigenvalue weighted by molar-refractivity contribution is 6.10. The van der Waals surface area contributed by atoms with Crippen LogP contribution in [0.4, 0.5) is 17.1 Å². The van der Waals surface area contributed by atoms with E-state index < -0.39 is 86.4 Å². The maximum atomic E-state index is 9.57. The van der Waals surface area contributed by atoms with Gasteiger partial charge in [-0.3, -0.25) is 13.7 Å². The van der Waals surface area contributed by atoms with Crippen LogP contribution in [0.25, 0.3) is 94.5 Å². The maximum Gasteiger partial charge on any atom is 0.269 e. The van der Waals surface area contributed by atoms with Gasteiger partial charge in [0.25, 0.3) is 6.33 Å². The van der Waals surface area contributed by atoms with Gasteiger partial charge in [0, 0.05) is 46.4 Å². The number of fused-ring (bicyclic) bond motifs is 4. The summed E-state index contributed by atoms with van der Waals surface area (Å²) in [5.74, 6) is 0.182. The van der Waals surface area contributed by atoms with E-state index in [9.17, 15) is 11.0 Å². The Bertz CT molecular complexity index is 5270. The molecule has 0 amide bonds. The van der Waals surface area contributed by atoms with Crippen LogP contribution in [-0.2, 0) is 5.41 Å². The van der Waals surface area contributed by atoms with Crippen molar-refractivity contribution in [1.29, 1.82) is 0 Å². The van der Waals surface area contributed by atoms with Gasteiger partial charge < -0.3 is 4.90 Å². The van der Waals surface area contributed by atoms with Gasteiger partial charge in [-0.1, -0.05) is 215 Å². The molecule has 3 aromatic heterocycles. The summed E-state index contributed by atoms with van der Waals surface area (Å²) in [6.45, 7) is -2.77. The minimum absolute atomic E-state index is 0.0225. The Balaban J connectivity index is 1.11. The third-order valence-corrected chi connectivity index (χ3v) is 14.2. The third-order valence-electron chi connectivity index (χ3n) is 14.2. The van der Waals surface area contributed by atoms with E-state index in [2.05, 4.69) is 6.33 Å². The number of aryl methyl sites for hydroxylation is 2. The number of rotatable bonds is 10. The lowest BCUT2D eigenvalue weighted by Crippen LogP contribution is -2.31. The standard InChI is InChI=1S/C73H59N5/c1-49-42-55(73(4,5)6)38-40-59(49)64-46-71(74-47-50(64)2)78-66-35-20-19-32-62(66)63-41-39-57(44-70(63)78)77(56-30-17-10-18-31-56)69-45-58(43-65(51(69)3)54-28-15-9-16-29-54)75-48-76(68-37-22-21-36-67(68)75)72-60(52-24-11-7-12-25-52)33-23-34-61(72)53-26-13-8-14-27-53/h7-47H,1-6H3/i1D3,2D3,3D3,7D,8D,11D,12D,13D,14D,24D,25D,26D,27D,40D. The average molecular weight is 1030 g/mol. The Hall–Kier alpha value is -9.58. The summed E-state index contributed by atoms with van der Waals surface area (Å²) in [5.41, 5.74) is 3.11. The molecule has 0 atom stereocenters. The number of para-hydroxylation sites is 5. The zero-order chi connectivity index (χ0) is 70.1. The van der Waals surface area contributed by atoms with Gasteiger partial charge >= 0.3 is 0 Å². The number of benzene rings is 10. The highest BCUT2D eigenvalue weighted by Crippen LogP contribution is 2.45. The van der Waals surface area contributed by atoms with Gasteiger partial charge in [-0.25, -0.2) is 4.98 Å². The van der Waals surface area contributed by atoms with E-state index in [1.807, 2.05) is 103 Å². The average Bonchev–Trinajstić information content (AvgIpc) is 1.40. The van der Waals surface area contributed by atoms with E-state index in [4.69, 9.17) is 21.4 Å².